The third-order valence-corrected chi connectivity index (χ3v) is 1.31. The van der Waals surface area contributed by atoms with E-state index in [4.69, 9.17) is 10.5 Å². The second kappa shape index (κ2) is 2.13. The molecule has 0 atom stereocenters. The summed E-state index contributed by atoms with van der Waals surface area (Å²) in [5.74, 6) is -0.387. The molecule has 0 aromatic heterocycles. The maximum atomic E-state index is 10.8. The van der Waals surface area contributed by atoms with Crippen molar-refractivity contribution < 1.29 is 9.90 Å². The van der Waals surface area contributed by atoms with E-state index < -0.39 is 0 Å². The van der Waals surface area contributed by atoms with Crippen molar-refractivity contribution in [3.8, 4) is 0 Å². The fourth-order valence-corrected chi connectivity index (χ4v) is 0.859. The monoisotopic (exact) mass is 140 g/mol. The summed E-state index contributed by atoms with van der Waals surface area (Å²) in [6, 6.07) is 0. The highest BCUT2D eigenvalue weighted by atomic mass is 16.3. The van der Waals surface area contributed by atoms with Gasteiger partial charge in [0.25, 0.3) is 5.91 Å². The van der Waals surface area contributed by atoms with Crippen LogP contribution in [0.15, 0.2) is 11.3 Å². The Hall–Kier alpha value is -1.32. The maximum Gasteiger partial charge on any atom is 0.256 e. The van der Waals surface area contributed by atoms with Crippen LogP contribution in [0.5, 0.6) is 0 Å². The molecule has 0 spiro atoms. The number of aliphatic hydroxyl groups excluding tert-OH is 1. The first-order valence-electron chi connectivity index (χ1n) is 2.88. The third kappa shape index (κ3) is 0.877. The van der Waals surface area contributed by atoms with E-state index in [0.29, 0.717) is 0 Å². The third-order valence-electron chi connectivity index (χ3n) is 1.31. The molecule has 0 saturated heterocycles. The number of hydrogen-bond donors (Lipinski definition) is 3. The number of amides is 1. The summed E-state index contributed by atoms with van der Waals surface area (Å²) in [5.41, 5.74) is 0.215. The predicted octanol–water partition coefficient (Wildman–Crippen LogP) is -0.0320. The minimum Gasteiger partial charge on any atom is -0.510 e. The van der Waals surface area contributed by atoms with E-state index in [0.717, 1.165) is 0 Å². The molecule has 0 aromatic carbocycles. The van der Waals surface area contributed by atoms with E-state index in [1.54, 1.807) is 0 Å². The lowest BCUT2D eigenvalue weighted by Gasteiger charge is -1.93. The quantitative estimate of drug-likeness (QED) is 0.447. The lowest BCUT2D eigenvalue weighted by Crippen LogP contribution is -2.19. The van der Waals surface area contributed by atoms with Crippen LogP contribution in [0.1, 0.15) is 6.92 Å². The predicted molar refractivity (Wildman–Crippen MR) is 36.1 cm³/mol. The second-order valence-corrected chi connectivity index (χ2v) is 2.13. The molecule has 1 rings (SSSR count). The van der Waals surface area contributed by atoms with E-state index >= 15 is 0 Å². The summed E-state index contributed by atoms with van der Waals surface area (Å²) in [6.07, 6.45) is 0. The molecule has 1 heterocycles. The molecular weight excluding hydrogens is 132 g/mol. The van der Waals surface area contributed by atoms with Gasteiger partial charge in [0.05, 0.1) is 12.1 Å². The molecule has 0 fully saturated rings. The summed E-state index contributed by atoms with van der Waals surface area (Å²) < 4.78 is 0. The molecule has 0 aliphatic carbocycles. The molecule has 4 nitrogen and oxygen atoms in total. The van der Waals surface area contributed by atoms with Crippen LogP contribution >= 0.6 is 0 Å². The fraction of sp³-hybridized carbons (Fsp3) is 0.333. The Kier molecular flexibility index (Phi) is 1.45. The number of aliphatic hydroxyl groups is 1. The van der Waals surface area contributed by atoms with Crippen molar-refractivity contribution in [1.29, 1.82) is 5.41 Å². The second-order valence-electron chi connectivity index (χ2n) is 2.13. The fourth-order valence-electron chi connectivity index (χ4n) is 0.859. The zero-order valence-electron chi connectivity index (χ0n) is 5.56. The average Bonchev–Trinajstić information content (AvgIpc) is 2.11. The van der Waals surface area contributed by atoms with E-state index in [-0.39, 0.29) is 29.5 Å². The zero-order valence-corrected chi connectivity index (χ0v) is 5.56. The highest BCUT2D eigenvalue weighted by molar-refractivity contribution is 6.21. The zero-order chi connectivity index (χ0) is 7.72. The first kappa shape index (κ1) is 6.80. The van der Waals surface area contributed by atoms with E-state index in [9.17, 15) is 4.79 Å². The average molecular weight is 140 g/mol. The van der Waals surface area contributed by atoms with Crippen LogP contribution in [0.2, 0.25) is 0 Å². The van der Waals surface area contributed by atoms with Crippen LogP contribution in [-0.2, 0) is 4.79 Å². The Balaban J connectivity index is 2.99. The van der Waals surface area contributed by atoms with Crippen LogP contribution in [0, 0.1) is 5.41 Å². The van der Waals surface area contributed by atoms with E-state index in [2.05, 4.69) is 5.32 Å². The van der Waals surface area contributed by atoms with E-state index in [1.165, 1.54) is 6.92 Å². The number of nitrogens with one attached hydrogen (secondary N) is 2. The lowest BCUT2D eigenvalue weighted by molar-refractivity contribution is -0.116. The number of rotatable bonds is 1. The molecule has 4 heteroatoms. The van der Waals surface area contributed by atoms with Crippen molar-refractivity contribution in [2.24, 2.45) is 0 Å². The molecule has 0 aromatic rings. The van der Waals surface area contributed by atoms with Crippen LogP contribution in [-0.4, -0.2) is 23.3 Å². The van der Waals surface area contributed by atoms with E-state index in [1.807, 2.05) is 0 Å². The molecule has 0 unspecified atom stereocenters. The summed E-state index contributed by atoms with van der Waals surface area (Å²) in [6.45, 7) is 1.63. The summed E-state index contributed by atoms with van der Waals surface area (Å²) in [4.78, 5) is 10.8. The van der Waals surface area contributed by atoms with Gasteiger partial charge in [0.1, 0.15) is 5.76 Å². The summed E-state index contributed by atoms with van der Waals surface area (Å²) in [5, 5.41) is 18.5. The van der Waals surface area contributed by atoms with Gasteiger partial charge in [-0.3, -0.25) is 4.79 Å². The van der Waals surface area contributed by atoms with Gasteiger partial charge in [-0.05, 0) is 6.92 Å². The SMILES string of the molecule is CC(=N)C1=C(O)CNC1=O. The Morgan fingerprint density at radius 2 is 2.40 bits per heavy atom. The van der Waals surface area contributed by atoms with Crippen molar-refractivity contribution in [3.05, 3.63) is 11.3 Å². The van der Waals surface area contributed by atoms with Crippen molar-refractivity contribution in [2.45, 2.75) is 6.92 Å². The normalized spacial score (nSPS) is 17.5. The molecule has 0 radical (unpaired) electrons. The highest BCUT2D eigenvalue weighted by Gasteiger charge is 2.23. The molecule has 3 N–H and O–H groups in total. The van der Waals surface area contributed by atoms with Crippen LogP contribution < -0.4 is 5.32 Å². The molecule has 10 heavy (non-hydrogen) atoms. The van der Waals surface area contributed by atoms with Crippen LogP contribution in [0.3, 0.4) is 0 Å². The highest BCUT2D eigenvalue weighted by Crippen LogP contribution is 2.08. The van der Waals surface area contributed by atoms with Gasteiger partial charge in [-0.2, -0.15) is 0 Å². The lowest BCUT2D eigenvalue weighted by atomic mass is 10.2. The van der Waals surface area contributed by atoms with Crippen LogP contribution in [0.4, 0.5) is 0 Å². The molecule has 0 bridgehead atoms. The molecule has 0 saturated carbocycles. The van der Waals surface area contributed by atoms with Crippen molar-refractivity contribution >= 4 is 11.6 Å². The Morgan fingerprint density at radius 1 is 1.80 bits per heavy atom. The van der Waals surface area contributed by atoms with Gasteiger partial charge >= 0.3 is 0 Å². The molecule has 1 amide bonds. The molecule has 1 aliphatic heterocycles. The molecule has 1 aliphatic rings. The number of carbonyl (C=O) groups is 1. The topological polar surface area (TPSA) is 73.2 Å². The summed E-state index contributed by atoms with van der Waals surface area (Å²) >= 11 is 0. The van der Waals surface area contributed by atoms with Gasteiger partial charge in [-0.1, -0.05) is 0 Å². The Labute approximate surface area is 58.1 Å². The minimum absolute atomic E-state index is 0.0301. The van der Waals surface area contributed by atoms with Gasteiger partial charge in [-0.25, -0.2) is 0 Å². The van der Waals surface area contributed by atoms with Crippen molar-refractivity contribution in [3.63, 3.8) is 0 Å². The minimum atomic E-state index is -0.356. The maximum absolute atomic E-state index is 10.8. The first-order chi connectivity index (χ1) is 4.63. The van der Waals surface area contributed by atoms with Gasteiger partial charge in [0, 0.05) is 5.71 Å². The van der Waals surface area contributed by atoms with Gasteiger partial charge in [-0.15, -0.1) is 0 Å². The standard InChI is InChI=1S/C6H8N2O2/c1-3(7)5-4(9)2-8-6(5)10/h7,9H,2H2,1H3,(H,8,10). The van der Waals surface area contributed by atoms with Crippen molar-refractivity contribution in [2.75, 3.05) is 6.54 Å². The van der Waals surface area contributed by atoms with Crippen molar-refractivity contribution in [1.82, 2.24) is 5.32 Å². The first-order valence-corrected chi connectivity index (χ1v) is 2.88. The van der Waals surface area contributed by atoms with Crippen LogP contribution in [0.25, 0.3) is 0 Å². The Morgan fingerprint density at radius 3 is 2.60 bits per heavy atom. The Bertz CT molecular complexity index is 230. The number of carbonyl (C=O) groups excluding carboxylic acids is 1. The smallest absolute Gasteiger partial charge is 0.256 e. The summed E-state index contributed by atoms with van der Waals surface area (Å²) in [7, 11) is 0. The van der Waals surface area contributed by atoms with Gasteiger partial charge < -0.3 is 15.8 Å². The molecule has 54 valence electrons. The van der Waals surface area contributed by atoms with Gasteiger partial charge in [0.15, 0.2) is 0 Å². The molecular formula is C6H8N2O2. The number of hydrogen-bond acceptors (Lipinski definition) is 3. The van der Waals surface area contributed by atoms with Gasteiger partial charge in [0.2, 0.25) is 0 Å². The largest absolute Gasteiger partial charge is 0.510 e.